The van der Waals surface area contributed by atoms with Crippen LogP contribution in [0.25, 0.3) is 0 Å². The van der Waals surface area contributed by atoms with E-state index in [1.807, 2.05) is 0 Å². The largest absolute Gasteiger partial charge is 1.00 e. The summed E-state index contributed by atoms with van der Waals surface area (Å²) in [5, 5.41) is 0. The van der Waals surface area contributed by atoms with Crippen LogP contribution in [-0.4, -0.2) is 57.6 Å². The van der Waals surface area contributed by atoms with Gasteiger partial charge in [0, 0.05) is 0 Å². The van der Waals surface area contributed by atoms with E-state index in [-0.39, 0.29) is 46.2 Å². The summed E-state index contributed by atoms with van der Waals surface area (Å²) in [6.07, 6.45) is 0. The van der Waals surface area contributed by atoms with Crippen molar-refractivity contribution in [3.8, 4) is 0 Å². The van der Waals surface area contributed by atoms with E-state index >= 15 is 0 Å². The van der Waals surface area contributed by atoms with Crippen molar-refractivity contribution in [1.29, 1.82) is 0 Å². The van der Waals surface area contributed by atoms with Gasteiger partial charge < -0.3 is 22.4 Å². The minimum Gasteiger partial charge on any atom is -0.726 e. The molecule has 0 aliphatic heterocycles. The van der Waals surface area contributed by atoms with E-state index in [1.54, 1.807) is 0 Å². The molecule has 0 aliphatic rings. The molecule has 0 spiro atoms. The van der Waals surface area contributed by atoms with E-state index in [0.717, 1.165) is 0 Å². The third-order valence-corrected chi connectivity index (χ3v) is 2.46. The molecule has 0 saturated carbocycles. The predicted molar refractivity (Wildman–Crippen MR) is 34.4 cm³/mol. The maximum atomic E-state index is 8.63. The van der Waals surface area contributed by atoms with Crippen molar-refractivity contribution < 1.29 is 64.9 Å². The molecule has 0 fully saturated rings. The van der Waals surface area contributed by atoms with Crippen LogP contribution in [0.15, 0.2) is 0 Å². The molecular weight excluding hydrogens is 238 g/mol. The zero-order chi connectivity index (χ0) is 9.71. The first-order valence-corrected chi connectivity index (χ1v) is 5.90. The molecule has 0 unspecified atom stereocenters. The molecule has 0 amide bonds. The van der Waals surface area contributed by atoms with Gasteiger partial charge in [0.25, 0.3) is 0 Å². The molecule has 0 aromatic rings. The maximum absolute atomic E-state index is 8.63. The van der Waals surface area contributed by atoms with Gasteiger partial charge >= 0.3 is 55.2 Å². The molecule has 0 radical (unpaired) electrons. The Balaban J connectivity index is -0.000000126. The van der Waals surface area contributed by atoms with Crippen LogP contribution in [0.5, 0.6) is 0 Å². The Labute approximate surface area is 100 Å². The molecule has 0 aromatic carbocycles. The van der Waals surface area contributed by atoms with E-state index in [9.17, 15) is 0 Å². The summed E-state index contributed by atoms with van der Waals surface area (Å²) in [4.78, 5) is 23.7. The fraction of sp³-hybridized carbons (Fsp3) is 0. The van der Waals surface area contributed by atoms with Gasteiger partial charge in [0.05, 0.1) is 0 Å². The van der Waals surface area contributed by atoms with Gasteiger partial charge in [-0.15, -0.1) is 0 Å². The zero-order valence-corrected chi connectivity index (χ0v) is 12.1. The first kappa shape index (κ1) is 19.1. The van der Waals surface area contributed by atoms with E-state index < -0.39 is 19.4 Å². The van der Waals surface area contributed by atoms with Gasteiger partial charge in [0.2, 0.25) is 10.4 Å². The Hall–Kier alpha value is 1.46. The Morgan fingerprint density at radius 3 is 1.42 bits per heavy atom. The summed E-state index contributed by atoms with van der Waals surface area (Å²) in [6.45, 7) is 0. The van der Waals surface area contributed by atoms with Crippen LogP contribution in [0.2, 0.25) is 0 Å². The minimum atomic E-state index is -4.92. The number of hydrogen-bond donors (Lipinski definition) is 4. The van der Waals surface area contributed by atoms with Crippen molar-refractivity contribution in [2.75, 3.05) is 0 Å². The predicted octanol–water partition coefficient (Wildman–Crippen LogP) is -7.03. The summed E-state index contributed by atoms with van der Waals surface area (Å²) in [6, 6.07) is 0. The smallest absolute Gasteiger partial charge is 0.726 e. The van der Waals surface area contributed by atoms with Crippen LogP contribution in [0.1, 0.15) is 0 Å². The SMILES string of the molecule is O=S(=O)([O-])O.O[Si](O)(O)[O][AlH2].[Na+]. The van der Waals surface area contributed by atoms with Crippen molar-refractivity contribution in [2.45, 2.75) is 0 Å². The molecule has 0 saturated heterocycles. The molecule has 0 rings (SSSR count). The molecule has 8 nitrogen and oxygen atoms in total. The summed E-state index contributed by atoms with van der Waals surface area (Å²) >= 11 is 0.160. The van der Waals surface area contributed by atoms with Crippen molar-refractivity contribution >= 4 is 36.1 Å². The van der Waals surface area contributed by atoms with Crippen molar-refractivity contribution in [3.63, 3.8) is 0 Å². The molecule has 4 N–H and O–H groups in total. The normalized spacial score (nSPS) is 10.8. The fourth-order valence-electron chi connectivity index (χ4n) is 0. The van der Waals surface area contributed by atoms with Crippen LogP contribution in [-0.2, 0) is 13.9 Å². The van der Waals surface area contributed by atoms with E-state index in [4.69, 9.17) is 31.9 Å². The second-order valence-corrected chi connectivity index (χ2v) is 4.84. The molecule has 0 heterocycles. The van der Waals surface area contributed by atoms with Gasteiger partial charge in [-0.2, -0.15) is 0 Å². The number of hydrogen-bond acceptors (Lipinski definition) is 7. The second-order valence-electron chi connectivity index (χ2n) is 1.21. The summed E-state index contributed by atoms with van der Waals surface area (Å²) in [5.41, 5.74) is 0. The number of rotatable bonds is 1. The zero-order valence-electron chi connectivity index (χ0n) is 6.33. The quantitative estimate of drug-likeness (QED) is 0.202. The Kier molecular flexibility index (Phi) is 12.5. The van der Waals surface area contributed by atoms with Gasteiger partial charge in [-0.25, -0.2) is 8.42 Å². The first-order chi connectivity index (χ1) is 4.56. The topological polar surface area (TPSA) is 147 Å². The van der Waals surface area contributed by atoms with E-state index in [2.05, 4.69) is 3.48 Å². The van der Waals surface area contributed by atoms with E-state index in [0.29, 0.717) is 0 Å². The van der Waals surface area contributed by atoms with Crippen LogP contribution in [0, 0.1) is 0 Å². The molecule has 68 valence electrons. The molecular formula is H6AlNaO8SSi. The molecule has 0 aromatic heterocycles. The van der Waals surface area contributed by atoms with Gasteiger partial charge in [-0.3, -0.25) is 4.55 Å². The summed E-state index contributed by atoms with van der Waals surface area (Å²) in [7, 11) is -8.99. The third-order valence-electron chi connectivity index (χ3n) is 0.274. The standard InChI is InChI=1S/Al.Na.H2O4S.H3O4Si.2H/c;;2*1-5(2,3)4;;/h;;(H2,1,2,3,4);1-3H;;/q2*+1;;-1;;/p-1. The summed E-state index contributed by atoms with van der Waals surface area (Å²) < 4.78 is 36.7. The molecule has 0 bridgehead atoms. The fourth-order valence-corrected chi connectivity index (χ4v) is 0. The van der Waals surface area contributed by atoms with Gasteiger partial charge in [-0.1, -0.05) is 0 Å². The van der Waals surface area contributed by atoms with Crippen LogP contribution < -0.4 is 29.6 Å². The second kappa shape index (κ2) is 7.83. The average molecular weight is 244 g/mol. The van der Waals surface area contributed by atoms with E-state index in [1.165, 1.54) is 0 Å². The van der Waals surface area contributed by atoms with Gasteiger partial charge in [0.15, 0.2) is 0 Å². The van der Waals surface area contributed by atoms with Crippen molar-refractivity contribution in [2.24, 2.45) is 0 Å². The molecule has 12 heavy (non-hydrogen) atoms. The minimum absolute atomic E-state index is 0. The first-order valence-electron chi connectivity index (χ1n) is 1.97. The van der Waals surface area contributed by atoms with Crippen molar-refractivity contribution in [1.82, 2.24) is 0 Å². The third kappa shape index (κ3) is 63.0. The Bertz CT molecular complexity index is 172. The Morgan fingerprint density at radius 1 is 1.33 bits per heavy atom. The van der Waals surface area contributed by atoms with Crippen molar-refractivity contribution in [3.05, 3.63) is 0 Å². The van der Waals surface area contributed by atoms with Gasteiger partial charge in [0.1, 0.15) is 0 Å². The Morgan fingerprint density at radius 2 is 1.42 bits per heavy atom. The molecule has 0 atom stereocenters. The molecule has 12 heteroatoms. The van der Waals surface area contributed by atoms with Crippen LogP contribution >= 0.6 is 0 Å². The molecule has 0 aliphatic carbocycles. The average Bonchev–Trinajstić information content (AvgIpc) is 1.59. The summed E-state index contributed by atoms with van der Waals surface area (Å²) in [5.74, 6) is 0. The van der Waals surface area contributed by atoms with Gasteiger partial charge in [-0.05, 0) is 0 Å². The van der Waals surface area contributed by atoms with Crippen LogP contribution in [0.4, 0.5) is 0 Å². The van der Waals surface area contributed by atoms with Crippen LogP contribution in [0.3, 0.4) is 0 Å². The maximum Gasteiger partial charge on any atom is 1.00 e. The monoisotopic (exact) mass is 244 g/mol.